The maximum absolute atomic E-state index is 13.0. The van der Waals surface area contributed by atoms with Crippen molar-refractivity contribution in [3.8, 4) is 11.1 Å². The highest BCUT2D eigenvalue weighted by molar-refractivity contribution is 7.89. The molecule has 0 radical (unpaired) electrons. The molecule has 0 atom stereocenters. The number of thiophene rings is 1. The second-order valence-electron chi connectivity index (χ2n) is 6.43. The highest BCUT2D eigenvalue weighted by atomic mass is 35.5. The van der Waals surface area contributed by atoms with E-state index in [2.05, 4.69) is 4.99 Å². The lowest BCUT2D eigenvalue weighted by molar-refractivity contribution is -0.0605. The molecule has 0 saturated carbocycles. The first-order chi connectivity index (χ1) is 14.4. The predicted molar refractivity (Wildman–Crippen MR) is 117 cm³/mol. The van der Waals surface area contributed by atoms with E-state index in [4.69, 9.17) is 22.1 Å². The quantitative estimate of drug-likeness (QED) is 0.431. The zero-order chi connectivity index (χ0) is 22.8. The first kappa shape index (κ1) is 23.1. The van der Waals surface area contributed by atoms with Gasteiger partial charge in [-0.3, -0.25) is 4.99 Å². The Morgan fingerprint density at radius 1 is 1.10 bits per heavy atom. The SMILES string of the molecule is N=C(CC(=Nc1ccccc1Cl)c1cc(-c2ccc(S(N)(=O)=O)cc2)cs1)C(F)(F)F. The fourth-order valence-corrected chi connectivity index (χ4v) is 4.21. The Balaban J connectivity index is 2.00. The average molecular weight is 486 g/mol. The number of hydrogen-bond acceptors (Lipinski definition) is 5. The van der Waals surface area contributed by atoms with Gasteiger partial charge in [0.15, 0.2) is 0 Å². The summed E-state index contributed by atoms with van der Waals surface area (Å²) in [7, 11) is -3.84. The Hall–Kier alpha value is -2.53. The third-order valence-corrected chi connectivity index (χ3v) is 6.42. The molecule has 0 saturated heterocycles. The van der Waals surface area contributed by atoms with Gasteiger partial charge in [0.25, 0.3) is 0 Å². The maximum atomic E-state index is 13.0. The molecule has 11 heteroatoms. The van der Waals surface area contributed by atoms with E-state index in [1.165, 1.54) is 12.1 Å². The summed E-state index contributed by atoms with van der Waals surface area (Å²) < 4.78 is 61.8. The largest absolute Gasteiger partial charge is 0.429 e. The van der Waals surface area contributed by atoms with Crippen LogP contribution in [-0.4, -0.2) is 26.0 Å². The topological polar surface area (TPSA) is 96.4 Å². The summed E-state index contributed by atoms with van der Waals surface area (Å²) in [6.45, 7) is 0. The molecule has 1 aromatic heterocycles. The molecular weight excluding hydrogens is 471 g/mol. The number of primary sulfonamides is 1. The minimum absolute atomic E-state index is 0.0489. The summed E-state index contributed by atoms with van der Waals surface area (Å²) in [5.41, 5.74) is 0.226. The van der Waals surface area contributed by atoms with Crippen LogP contribution in [0.4, 0.5) is 18.9 Å². The lowest BCUT2D eigenvalue weighted by Gasteiger charge is -2.10. The van der Waals surface area contributed by atoms with Gasteiger partial charge >= 0.3 is 6.18 Å². The van der Waals surface area contributed by atoms with E-state index in [0.717, 1.165) is 11.3 Å². The van der Waals surface area contributed by atoms with Crippen molar-refractivity contribution >= 4 is 50.1 Å². The number of rotatable bonds is 6. The Morgan fingerprint density at radius 2 is 1.74 bits per heavy atom. The van der Waals surface area contributed by atoms with Gasteiger partial charge in [-0.1, -0.05) is 35.9 Å². The molecule has 0 aliphatic heterocycles. The first-order valence-electron chi connectivity index (χ1n) is 8.64. The van der Waals surface area contributed by atoms with Gasteiger partial charge in [-0.15, -0.1) is 11.3 Å². The number of halogens is 4. The first-order valence-corrected chi connectivity index (χ1v) is 11.4. The molecule has 3 aromatic rings. The number of hydrogen-bond donors (Lipinski definition) is 2. The zero-order valence-electron chi connectivity index (χ0n) is 15.7. The van der Waals surface area contributed by atoms with E-state index in [0.29, 0.717) is 21.7 Å². The van der Waals surface area contributed by atoms with E-state index in [1.807, 2.05) is 0 Å². The predicted octanol–water partition coefficient (Wildman–Crippen LogP) is 5.81. The number of nitrogens with two attached hydrogens (primary N) is 1. The van der Waals surface area contributed by atoms with Crippen molar-refractivity contribution < 1.29 is 21.6 Å². The van der Waals surface area contributed by atoms with Crippen molar-refractivity contribution in [2.45, 2.75) is 17.5 Å². The molecular formula is C20H15ClF3N3O2S2. The summed E-state index contributed by atoms with van der Waals surface area (Å²) in [5, 5.41) is 14.5. The summed E-state index contributed by atoms with van der Waals surface area (Å²) in [4.78, 5) is 4.67. The van der Waals surface area contributed by atoms with Gasteiger partial charge in [0.05, 0.1) is 21.3 Å². The normalized spacial score (nSPS) is 12.7. The van der Waals surface area contributed by atoms with E-state index in [1.54, 1.807) is 47.8 Å². The van der Waals surface area contributed by atoms with E-state index >= 15 is 0 Å². The maximum Gasteiger partial charge on any atom is 0.429 e. The minimum Gasteiger partial charge on any atom is -0.300 e. The Kier molecular flexibility index (Phi) is 6.65. The number of sulfonamides is 1. The number of aliphatic imine (C=N–C) groups is 1. The molecule has 0 amide bonds. The highest BCUT2D eigenvalue weighted by Crippen LogP contribution is 2.31. The van der Waals surface area contributed by atoms with Crippen molar-refractivity contribution in [3.63, 3.8) is 0 Å². The lowest BCUT2D eigenvalue weighted by Crippen LogP contribution is -2.24. The molecule has 0 bridgehead atoms. The van der Waals surface area contributed by atoms with E-state index in [9.17, 15) is 21.6 Å². The summed E-state index contributed by atoms with van der Waals surface area (Å²) in [6.07, 6.45) is -5.50. The van der Waals surface area contributed by atoms with Crippen molar-refractivity contribution in [3.05, 3.63) is 69.9 Å². The van der Waals surface area contributed by atoms with E-state index < -0.39 is 28.3 Å². The van der Waals surface area contributed by atoms with Crippen LogP contribution in [0, 0.1) is 5.41 Å². The Labute approximate surface area is 185 Å². The van der Waals surface area contributed by atoms with Crippen LogP contribution in [0.25, 0.3) is 11.1 Å². The minimum atomic E-state index is -4.77. The molecule has 5 nitrogen and oxygen atoms in total. The molecule has 0 aliphatic rings. The fraction of sp³-hybridized carbons (Fsp3) is 0.100. The summed E-state index contributed by atoms with van der Waals surface area (Å²) in [5.74, 6) is 0. The van der Waals surface area contributed by atoms with Gasteiger partial charge in [-0.05, 0) is 46.8 Å². The number of para-hydroxylation sites is 1. The molecule has 31 heavy (non-hydrogen) atoms. The standard InChI is InChI=1S/C20H15ClF3N3O2S2/c21-15-3-1-2-4-16(15)27-17(10-19(25)20(22,23)24)18-9-13(11-30-18)12-5-7-14(8-6-12)31(26,28)29/h1-9,11,25H,10H2,(H2,26,28,29). The highest BCUT2D eigenvalue weighted by Gasteiger charge is 2.35. The van der Waals surface area contributed by atoms with Gasteiger partial charge in [-0.25, -0.2) is 13.6 Å². The fourth-order valence-electron chi connectivity index (χ4n) is 2.61. The Morgan fingerprint density at radius 3 is 2.32 bits per heavy atom. The van der Waals surface area contributed by atoms with Crippen molar-refractivity contribution in [2.24, 2.45) is 10.1 Å². The Bertz CT molecular complexity index is 1250. The van der Waals surface area contributed by atoms with Crippen LogP contribution in [0.3, 0.4) is 0 Å². The average Bonchev–Trinajstić information content (AvgIpc) is 3.18. The van der Waals surface area contributed by atoms with Gasteiger partial charge in [0, 0.05) is 11.3 Å². The van der Waals surface area contributed by atoms with Crippen LogP contribution in [0.5, 0.6) is 0 Å². The van der Waals surface area contributed by atoms with Gasteiger partial charge in [-0.2, -0.15) is 13.2 Å². The number of alkyl halides is 3. The number of nitrogens with one attached hydrogen (secondary N) is 1. The monoisotopic (exact) mass is 485 g/mol. The van der Waals surface area contributed by atoms with Crippen molar-refractivity contribution in [1.29, 1.82) is 5.41 Å². The molecule has 0 fully saturated rings. The smallest absolute Gasteiger partial charge is 0.300 e. The molecule has 162 valence electrons. The molecule has 3 rings (SSSR count). The van der Waals surface area contributed by atoms with Crippen LogP contribution in [0.1, 0.15) is 11.3 Å². The number of nitrogens with zero attached hydrogens (tertiary/aromatic N) is 1. The summed E-state index contributed by atoms with van der Waals surface area (Å²) in [6, 6.07) is 13.9. The van der Waals surface area contributed by atoms with Crippen LogP contribution in [0.2, 0.25) is 5.02 Å². The molecule has 2 aromatic carbocycles. The third-order valence-electron chi connectivity index (χ3n) is 4.19. The van der Waals surface area contributed by atoms with E-state index in [-0.39, 0.29) is 15.6 Å². The molecule has 0 unspecified atom stereocenters. The molecule has 0 aliphatic carbocycles. The zero-order valence-corrected chi connectivity index (χ0v) is 18.0. The van der Waals surface area contributed by atoms with Crippen LogP contribution < -0.4 is 5.14 Å². The van der Waals surface area contributed by atoms with Gasteiger partial charge < -0.3 is 5.41 Å². The van der Waals surface area contributed by atoms with Crippen LogP contribution >= 0.6 is 22.9 Å². The molecule has 0 spiro atoms. The summed E-state index contributed by atoms with van der Waals surface area (Å²) >= 11 is 7.26. The van der Waals surface area contributed by atoms with Crippen molar-refractivity contribution in [1.82, 2.24) is 0 Å². The molecule has 1 heterocycles. The second kappa shape index (κ2) is 8.91. The second-order valence-corrected chi connectivity index (χ2v) is 9.31. The van der Waals surface area contributed by atoms with Crippen LogP contribution in [-0.2, 0) is 10.0 Å². The van der Waals surface area contributed by atoms with Crippen molar-refractivity contribution in [2.75, 3.05) is 0 Å². The van der Waals surface area contributed by atoms with Crippen LogP contribution in [0.15, 0.2) is 69.9 Å². The third kappa shape index (κ3) is 5.79. The van der Waals surface area contributed by atoms with Gasteiger partial charge in [0.1, 0.15) is 5.71 Å². The molecule has 3 N–H and O–H groups in total. The number of benzene rings is 2. The van der Waals surface area contributed by atoms with Gasteiger partial charge in [0.2, 0.25) is 10.0 Å². The lowest BCUT2D eigenvalue weighted by atomic mass is 10.1.